The molecule has 0 saturated heterocycles. The summed E-state index contributed by atoms with van der Waals surface area (Å²) in [6.45, 7) is 2.78. The lowest BCUT2D eigenvalue weighted by Crippen LogP contribution is -2.10. The molecule has 0 amide bonds. The molecule has 5 nitrogen and oxygen atoms in total. The second kappa shape index (κ2) is 4.10. The predicted molar refractivity (Wildman–Crippen MR) is 69.3 cm³/mol. The molecule has 3 heterocycles. The van der Waals surface area contributed by atoms with Crippen LogP contribution in [0.5, 0.6) is 0 Å². The van der Waals surface area contributed by atoms with E-state index in [-0.39, 0.29) is 5.56 Å². The number of aromatic amines is 1. The second-order valence-electron chi connectivity index (χ2n) is 3.96. The highest BCUT2D eigenvalue weighted by Crippen LogP contribution is 2.21. The summed E-state index contributed by atoms with van der Waals surface area (Å²) in [4.78, 5) is 23.1. The van der Waals surface area contributed by atoms with Crippen molar-refractivity contribution >= 4 is 11.0 Å². The number of rotatable bonds is 2. The summed E-state index contributed by atoms with van der Waals surface area (Å²) in [5, 5.41) is 0. The first-order valence-corrected chi connectivity index (χ1v) is 5.79. The third-order valence-corrected chi connectivity index (χ3v) is 2.93. The van der Waals surface area contributed by atoms with E-state index in [1.807, 2.05) is 17.6 Å². The predicted octanol–water partition coefficient (Wildman–Crippen LogP) is 1.81. The first-order valence-electron chi connectivity index (χ1n) is 5.79. The molecule has 0 bridgehead atoms. The number of fused-ring (bicyclic) bond motifs is 1. The summed E-state index contributed by atoms with van der Waals surface area (Å²) in [6, 6.07) is 5.49. The summed E-state index contributed by atoms with van der Waals surface area (Å²) in [6.07, 6.45) is 5.06. The van der Waals surface area contributed by atoms with Gasteiger partial charge in [0.1, 0.15) is 11.3 Å². The minimum Gasteiger partial charge on any atom is -0.328 e. The van der Waals surface area contributed by atoms with Crippen LogP contribution in [-0.4, -0.2) is 19.5 Å². The van der Waals surface area contributed by atoms with Crippen molar-refractivity contribution in [3.8, 4) is 11.4 Å². The fraction of sp³-hybridized carbons (Fsp3) is 0.154. The number of aryl methyl sites for hydroxylation is 1. The quantitative estimate of drug-likeness (QED) is 0.743. The van der Waals surface area contributed by atoms with Crippen LogP contribution >= 0.6 is 0 Å². The van der Waals surface area contributed by atoms with Gasteiger partial charge < -0.3 is 9.55 Å². The first kappa shape index (κ1) is 10.7. The maximum absolute atomic E-state index is 11.8. The lowest BCUT2D eigenvalue weighted by atomic mass is 10.2. The summed E-state index contributed by atoms with van der Waals surface area (Å²) in [7, 11) is 0. The van der Waals surface area contributed by atoms with Crippen molar-refractivity contribution in [1.82, 2.24) is 19.5 Å². The first-order chi connectivity index (χ1) is 8.81. The molecule has 18 heavy (non-hydrogen) atoms. The van der Waals surface area contributed by atoms with Gasteiger partial charge in [0, 0.05) is 18.9 Å². The Labute approximate surface area is 103 Å². The zero-order valence-electron chi connectivity index (χ0n) is 9.92. The lowest BCUT2D eigenvalue weighted by molar-refractivity contribution is 0.795. The Morgan fingerprint density at radius 1 is 1.39 bits per heavy atom. The molecule has 5 heteroatoms. The Balaban J connectivity index is 2.36. The van der Waals surface area contributed by atoms with E-state index in [1.165, 1.54) is 0 Å². The molecule has 0 aliphatic heterocycles. The fourth-order valence-electron chi connectivity index (χ4n) is 2.11. The van der Waals surface area contributed by atoms with Crippen LogP contribution in [0.4, 0.5) is 0 Å². The standard InChI is InChI=1S/C13H12N4O/c1-2-17-11-5-7-14-8-10(11)16-12(17)9-4-3-6-15-13(9)18/h3-8H,2H2,1H3,(H,15,18). The van der Waals surface area contributed by atoms with Crippen molar-refractivity contribution in [2.75, 3.05) is 0 Å². The number of nitrogens with one attached hydrogen (secondary N) is 1. The van der Waals surface area contributed by atoms with Gasteiger partial charge in [-0.15, -0.1) is 0 Å². The molecule has 0 saturated carbocycles. The van der Waals surface area contributed by atoms with Crippen molar-refractivity contribution < 1.29 is 0 Å². The molecule has 0 spiro atoms. The number of hydrogen-bond donors (Lipinski definition) is 1. The Kier molecular flexibility index (Phi) is 2.44. The van der Waals surface area contributed by atoms with Gasteiger partial charge in [-0.05, 0) is 25.1 Å². The minimum absolute atomic E-state index is 0.129. The Bertz CT molecular complexity index is 757. The molecule has 0 fully saturated rings. The molecule has 0 aliphatic carbocycles. The molecule has 0 atom stereocenters. The smallest absolute Gasteiger partial charge is 0.258 e. The van der Waals surface area contributed by atoms with E-state index in [4.69, 9.17) is 0 Å². The number of pyridine rings is 2. The maximum Gasteiger partial charge on any atom is 0.258 e. The average Bonchev–Trinajstić information content (AvgIpc) is 2.77. The van der Waals surface area contributed by atoms with Crippen LogP contribution in [0.15, 0.2) is 41.6 Å². The van der Waals surface area contributed by atoms with E-state index < -0.39 is 0 Å². The van der Waals surface area contributed by atoms with Crippen molar-refractivity contribution in [3.05, 3.63) is 47.1 Å². The zero-order chi connectivity index (χ0) is 12.5. The van der Waals surface area contributed by atoms with Gasteiger partial charge in [-0.1, -0.05) is 0 Å². The Hall–Kier alpha value is -2.43. The van der Waals surface area contributed by atoms with Crippen molar-refractivity contribution in [1.29, 1.82) is 0 Å². The Morgan fingerprint density at radius 2 is 2.28 bits per heavy atom. The molecule has 0 unspecified atom stereocenters. The zero-order valence-corrected chi connectivity index (χ0v) is 9.92. The number of imidazole rings is 1. The van der Waals surface area contributed by atoms with Crippen LogP contribution in [-0.2, 0) is 6.54 Å². The fourth-order valence-corrected chi connectivity index (χ4v) is 2.11. The van der Waals surface area contributed by atoms with Gasteiger partial charge in [-0.2, -0.15) is 0 Å². The van der Waals surface area contributed by atoms with Crippen LogP contribution in [0.3, 0.4) is 0 Å². The van der Waals surface area contributed by atoms with E-state index in [0.29, 0.717) is 11.4 Å². The van der Waals surface area contributed by atoms with E-state index in [0.717, 1.165) is 17.6 Å². The molecule has 3 aromatic heterocycles. The maximum atomic E-state index is 11.8. The van der Waals surface area contributed by atoms with Crippen LogP contribution in [0.25, 0.3) is 22.4 Å². The average molecular weight is 240 g/mol. The molecule has 0 aromatic carbocycles. The molecule has 0 aliphatic rings. The van der Waals surface area contributed by atoms with E-state index in [9.17, 15) is 4.79 Å². The van der Waals surface area contributed by atoms with Crippen molar-refractivity contribution in [3.63, 3.8) is 0 Å². The molecule has 0 radical (unpaired) electrons. The summed E-state index contributed by atoms with van der Waals surface area (Å²) in [5.74, 6) is 0.683. The second-order valence-corrected chi connectivity index (χ2v) is 3.96. The van der Waals surface area contributed by atoms with Crippen LogP contribution in [0, 0.1) is 0 Å². The third kappa shape index (κ3) is 1.52. The summed E-state index contributed by atoms with van der Waals surface area (Å²) >= 11 is 0. The van der Waals surface area contributed by atoms with E-state index in [2.05, 4.69) is 15.0 Å². The van der Waals surface area contributed by atoms with Gasteiger partial charge in [0.15, 0.2) is 0 Å². The highest BCUT2D eigenvalue weighted by molar-refractivity contribution is 5.79. The van der Waals surface area contributed by atoms with Gasteiger partial charge >= 0.3 is 0 Å². The van der Waals surface area contributed by atoms with Crippen LogP contribution in [0.1, 0.15) is 6.92 Å². The SMILES string of the molecule is CCn1c(-c2ccc[nH]c2=O)nc2cnccc21. The van der Waals surface area contributed by atoms with E-state index >= 15 is 0 Å². The summed E-state index contributed by atoms with van der Waals surface area (Å²) < 4.78 is 2.02. The van der Waals surface area contributed by atoms with Crippen molar-refractivity contribution in [2.24, 2.45) is 0 Å². The van der Waals surface area contributed by atoms with Gasteiger partial charge in [0.25, 0.3) is 5.56 Å². The largest absolute Gasteiger partial charge is 0.328 e. The molecule has 3 rings (SSSR count). The topological polar surface area (TPSA) is 63.6 Å². The number of nitrogens with zero attached hydrogens (tertiary/aromatic N) is 3. The van der Waals surface area contributed by atoms with Gasteiger partial charge in [0.05, 0.1) is 17.3 Å². The molecular weight excluding hydrogens is 228 g/mol. The normalized spacial score (nSPS) is 10.9. The molecule has 3 aromatic rings. The van der Waals surface area contributed by atoms with Gasteiger partial charge in [-0.25, -0.2) is 4.98 Å². The highest BCUT2D eigenvalue weighted by Gasteiger charge is 2.13. The highest BCUT2D eigenvalue weighted by atomic mass is 16.1. The van der Waals surface area contributed by atoms with Crippen molar-refractivity contribution in [2.45, 2.75) is 13.5 Å². The summed E-state index contributed by atoms with van der Waals surface area (Å²) in [5.41, 5.74) is 2.24. The van der Waals surface area contributed by atoms with Gasteiger partial charge in [0.2, 0.25) is 0 Å². The minimum atomic E-state index is -0.129. The number of aromatic nitrogens is 4. The Morgan fingerprint density at radius 3 is 3.06 bits per heavy atom. The van der Waals surface area contributed by atoms with Crippen LogP contribution < -0.4 is 5.56 Å². The number of hydrogen-bond acceptors (Lipinski definition) is 3. The van der Waals surface area contributed by atoms with Crippen LogP contribution in [0.2, 0.25) is 0 Å². The number of H-pyrrole nitrogens is 1. The monoisotopic (exact) mass is 240 g/mol. The van der Waals surface area contributed by atoms with Gasteiger partial charge in [-0.3, -0.25) is 9.78 Å². The lowest BCUT2D eigenvalue weighted by Gasteiger charge is -2.04. The molecule has 90 valence electrons. The molecular formula is C13H12N4O. The third-order valence-electron chi connectivity index (χ3n) is 2.93. The molecule has 1 N–H and O–H groups in total. The van der Waals surface area contributed by atoms with E-state index in [1.54, 1.807) is 30.7 Å².